The molecular formula is C51H36N4O2. The predicted molar refractivity (Wildman–Crippen MR) is 233 cm³/mol. The van der Waals surface area contributed by atoms with Crippen molar-refractivity contribution in [2.24, 2.45) is 4.99 Å². The van der Waals surface area contributed by atoms with Crippen molar-refractivity contribution in [3.8, 4) is 16.8 Å². The van der Waals surface area contributed by atoms with Gasteiger partial charge in [-0.25, -0.2) is 4.99 Å². The molecule has 0 spiro atoms. The second-order valence-electron chi connectivity index (χ2n) is 15.1. The Morgan fingerprint density at radius 2 is 1.23 bits per heavy atom. The number of allylic oxidation sites excluding steroid dienone is 3. The van der Waals surface area contributed by atoms with Crippen LogP contribution in [-0.4, -0.2) is 10.4 Å². The quantitative estimate of drug-likeness (QED) is 0.185. The second-order valence-corrected chi connectivity index (χ2v) is 15.1. The normalized spacial score (nSPS) is 17.2. The van der Waals surface area contributed by atoms with Crippen molar-refractivity contribution in [1.82, 2.24) is 15.2 Å². The van der Waals surface area contributed by atoms with Crippen LogP contribution >= 0.6 is 0 Å². The number of amidine groups is 1. The standard InChI is InChI=1S/C51H36N4O2/c1-3-13-31(14-4-1)49-52-50(32-15-5-2-6-16-32)54-51(53-49)37-19-11-23-45-47(37)38-29-33(25-27-43(38)56-45)34-26-28-44-39(30-34)48-42(22-12-24-46(48)57-44)55-40-20-9-7-17-35(40)36-18-8-10-21-41(36)55/h1-5,7-15,17-30,49,51,53H,6,16H2,(H,52,54). The lowest BCUT2D eigenvalue weighted by atomic mass is 9.97. The Bertz CT molecular complexity index is 3270. The molecule has 1 aliphatic heterocycles. The zero-order chi connectivity index (χ0) is 37.5. The van der Waals surface area contributed by atoms with Crippen LogP contribution in [0.15, 0.2) is 189 Å². The zero-order valence-electron chi connectivity index (χ0n) is 30.9. The second kappa shape index (κ2) is 12.7. The molecule has 0 saturated carbocycles. The molecule has 6 heteroatoms. The molecule has 272 valence electrons. The number of benzene rings is 7. The van der Waals surface area contributed by atoms with Crippen molar-refractivity contribution in [1.29, 1.82) is 0 Å². The molecule has 0 saturated heterocycles. The van der Waals surface area contributed by atoms with E-state index in [1.54, 1.807) is 0 Å². The third-order valence-corrected chi connectivity index (χ3v) is 11.8. The summed E-state index contributed by atoms with van der Waals surface area (Å²) in [6, 6.07) is 53.6. The van der Waals surface area contributed by atoms with Gasteiger partial charge >= 0.3 is 0 Å². The molecule has 2 atom stereocenters. The molecule has 12 rings (SSSR count). The lowest BCUT2D eigenvalue weighted by molar-refractivity contribution is 0.410. The zero-order valence-corrected chi connectivity index (χ0v) is 30.9. The highest BCUT2D eigenvalue weighted by molar-refractivity contribution is 6.15. The number of rotatable bonds is 5. The first-order chi connectivity index (χ1) is 28.2. The van der Waals surface area contributed by atoms with E-state index in [0.717, 1.165) is 90.5 Å². The van der Waals surface area contributed by atoms with E-state index in [0.29, 0.717) is 0 Å². The van der Waals surface area contributed by atoms with Crippen LogP contribution in [0.25, 0.3) is 82.5 Å². The van der Waals surface area contributed by atoms with Gasteiger partial charge in [-0.2, -0.15) is 0 Å². The van der Waals surface area contributed by atoms with Crippen LogP contribution in [-0.2, 0) is 0 Å². The summed E-state index contributed by atoms with van der Waals surface area (Å²) in [6.07, 6.45) is 8.10. The number of nitrogens with zero attached hydrogens (tertiary/aromatic N) is 2. The Hall–Kier alpha value is -7.15. The Balaban J connectivity index is 1.00. The predicted octanol–water partition coefficient (Wildman–Crippen LogP) is 12.8. The Kier molecular flexibility index (Phi) is 7.16. The summed E-state index contributed by atoms with van der Waals surface area (Å²) in [6.45, 7) is 0. The average Bonchev–Trinajstić information content (AvgIpc) is 3.96. The molecule has 0 radical (unpaired) electrons. The van der Waals surface area contributed by atoms with Crippen LogP contribution in [0.2, 0.25) is 0 Å². The highest BCUT2D eigenvalue weighted by Gasteiger charge is 2.29. The van der Waals surface area contributed by atoms with Crippen LogP contribution in [0.4, 0.5) is 0 Å². The summed E-state index contributed by atoms with van der Waals surface area (Å²) in [5.74, 6) is 0.934. The summed E-state index contributed by atoms with van der Waals surface area (Å²) in [5, 5.41) is 14.4. The van der Waals surface area contributed by atoms with Crippen LogP contribution < -0.4 is 10.6 Å². The molecule has 0 bridgehead atoms. The fourth-order valence-electron chi connectivity index (χ4n) is 9.12. The molecule has 2 unspecified atom stereocenters. The molecule has 4 heterocycles. The Morgan fingerprint density at radius 1 is 0.579 bits per heavy atom. The minimum Gasteiger partial charge on any atom is -0.456 e. The molecule has 0 amide bonds. The number of para-hydroxylation sites is 2. The smallest absolute Gasteiger partial charge is 0.137 e. The van der Waals surface area contributed by atoms with Gasteiger partial charge in [0.05, 0.1) is 22.1 Å². The first-order valence-corrected chi connectivity index (χ1v) is 19.7. The van der Waals surface area contributed by atoms with Crippen LogP contribution in [0.3, 0.4) is 0 Å². The maximum Gasteiger partial charge on any atom is 0.137 e. The van der Waals surface area contributed by atoms with Crippen molar-refractivity contribution < 1.29 is 8.83 Å². The summed E-state index contributed by atoms with van der Waals surface area (Å²) in [7, 11) is 0. The summed E-state index contributed by atoms with van der Waals surface area (Å²) < 4.78 is 15.5. The van der Waals surface area contributed by atoms with E-state index < -0.39 is 0 Å². The first-order valence-electron chi connectivity index (χ1n) is 19.7. The van der Waals surface area contributed by atoms with Crippen LogP contribution in [0, 0.1) is 0 Å². The van der Waals surface area contributed by atoms with Crippen LogP contribution in [0.1, 0.15) is 36.3 Å². The number of furan rings is 2. The highest BCUT2D eigenvalue weighted by atomic mass is 16.3. The molecule has 6 nitrogen and oxygen atoms in total. The largest absolute Gasteiger partial charge is 0.456 e. The number of fused-ring (bicyclic) bond motifs is 9. The fraction of sp³-hybridized carbons (Fsp3) is 0.0784. The van der Waals surface area contributed by atoms with Crippen molar-refractivity contribution in [3.63, 3.8) is 0 Å². The third-order valence-electron chi connectivity index (χ3n) is 11.8. The van der Waals surface area contributed by atoms with E-state index in [2.05, 4.69) is 185 Å². The summed E-state index contributed by atoms with van der Waals surface area (Å²) in [4.78, 5) is 5.19. The summed E-state index contributed by atoms with van der Waals surface area (Å²) in [5.41, 5.74) is 12.6. The topological polar surface area (TPSA) is 67.6 Å². The molecule has 7 aromatic carbocycles. The van der Waals surface area contributed by atoms with E-state index in [1.165, 1.54) is 27.4 Å². The van der Waals surface area contributed by atoms with Gasteiger partial charge in [0.2, 0.25) is 0 Å². The van der Waals surface area contributed by atoms with Gasteiger partial charge in [0.15, 0.2) is 0 Å². The molecule has 2 N–H and O–H groups in total. The number of aromatic nitrogens is 1. The first kappa shape index (κ1) is 32.1. The third kappa shape index (κ3) is 5.11. The van der Waals surface area contributed by atoms with E-state index in [-0.39, 0.29) is 12.3 Å². The van der Waals surface area contributed by atoms with E-state index in [1.807, 2.05) is 0 Å². The number of hydrogen-bond donors (Lipinski definition) is 2. The van der Waals surface area contributed by atoms with Gasteiger partial charge in [0, 0.05) is 32.5 Å². The van der Waals surface area contributed by atoms with Gasteiger partial charge in [0.25, 0.3) is 0 Å². The van der Waals surface area contributed by atoms with Crippen molar-refractivity contribution in [2.45, 2.75) is 25.2 Å². The van der Waals surface area contributed by atoms with E-state index in [9.17, 15) is 0 Å². The maximum atomic E-state index is 6.55. The Morgan fingerprint density at radius 3 is 1.93 bits per heavy atom. The van der Waals surface area contributed by atoms with Crippen molar-refractivity contribution >= 4 is 71.5 Å². The van der Waals surface area contributed by atoms with Crippen LogP contribution in [0.5, 0.6) is 0 Å². The Labute approximate surface area is 328 Å². The number of aliphatic imine (C=N–C) groups is 1. The van der Waals surface area contributed by atoms with Gasteiger partial charge in [-0.3, -0.25) is 5.32 Å². The van der Waals surface area contributed by atoms with Gasteiger partial charge in [0.1, 0.15) is 40.5 Å². The molecule has 1 aliphatic carbocycles. The molecule has 57 heavy (non-hydrogen) atoms. The van der Waals surface area contributed by atoms with Gasteiger partial charge in [-0.05, 0) is 89.7 Å². The van der Waals surface area contributed by atoms with Gasteiger partial charge in [-0.1, -0.05) is 115 Å². The lowest BCUT2D eigenvalue weighted by Crippen LogP contribution is -2.45. The van der Waals surface area contributed by atoms with Gasteiger partial charge in [-0.15, -0.1) is 0 Å². The van der Waals surface area contributed by atoms with Crippen molar-refractivity contribution in [3.05, 3.63) is 187 Å². The minimum atomic E-state index is -0.202. The molecule has 10 aromatic rings. The fourth-order valence-corrected chi connectivity index (χ4v) is 9.12. The SMILES string of the molecule is C1=CCCC(C2=NC(c3ccccc3)NC(c3cccc4oc5ccc(-c6ccc7oc8cccc(-n9c%10ccccc%10c%10ccccc%109)c8c7c6)cc5c34)N2)=C1. The monoisotopic (exact) mass is 736 g/mol. The molecule has 0 fully saturated rings. The van der Waals surface area contributed by atoms with Crippen molar-refractivity contribution in [2.75, 3.05) is 0 Å². The van der Waals surface area contributed by atoms with E-state index >= 15 is 0 Å². The van der Waals surface area contributed by atoms with E-state index in [4.69, 9.17) is 13.8 Å². The maximum absolute atomic E-state index is 6.55. The molecular weight excluding hydrogens is 701 g/mol. The molecule has 2 aliphatic rings. The van der Waals surface area contributed by atoms with Gasteiger partial charge < -0.3 is 18.7 Å². The molecule has 3 aromatic heterocycles. The number of nitrogens with one attached hydrogen (secondary N) is 2. The summed E-state index contributed by atoms with van der Waals surface area (Å²) >= 11 is 0. The average molecular weight is 737 g/mol. The number of hydrogen-bond acceptors (Lipinski definition) is 5. The minimum absolute atomic E-state index is 0.199. The highest BCUT2D eigenvalue weighted by Crippen LogP contribution is 2.42. The lowest BCUT2D eigenvalue weighted by Gasteiger charge is -2.33.